The number of benzene rings is 2. The van der Waals surface area contributed by atoms with Gasteiger partial charge in [0.1, 0.15) is 11.5 Å². The predicted molar refractivity (Wildman–Crippen MR) is 113 cm³/mol. The zero-order valence-electron chi connectivity index (χ0n) is 16.3. The number of rotatable bonds is 7. The molecule has 1 N–H and O–H groups in total. The molecule has 0 aliphatic rings. The number of nitrogens with one attached hydrogen (secondary N) is 1. The van der Waals surface area contributed by atoms with Gasteiger partial charge in [-0.3, -0.25) is 4.79 Å². The van der Waals surface area contributed by atoms with Gasteiger partial charge in [0.15, 0.2) is 0 Å². The lowest BCUT2D eigenvalue weighted by molar-refractivity contribution is 0.0499. The Morgan fingerprint density at radius 2 is 1.76 bits per heavy atom. The maximum absolute atomic E-state index is 12.6. The number of carbonyl (C=O) groups excluding carboxylic acids is 2. The van der Waals surface area contributed by atoms with E-state index in [1.54, 1.807) is 49.4 Å². The molecule has 5 nitrogen and oxygen atoms in total. The van der Waals surface area contributed by atoms with E-state index in [4.69, 9.17) is 20.8 Å². The number of ether oxygens (including phenoxy) is 1. The zero-order chi connectivity index (χ0) is 20.8. The third-order valence-electron chi connectivity index (χ3n) is 4.40. The van der Waals surface area contributed by atoms with Crippen molar-refractivity contribution in [2.75, 3.05) is 11.9 Å². The normalized spacial score (nSPS) is 10.6. The molecule has 0 saturated carbocycles. The molecular formula is C23H22ClNO4. The average Bonchev–Trinajstić information content (AvgIpc) is 3.11. The molecule has 0 saturated heterocycles. The van der Waals surface area contributed by atoms with E-state index in [9.17, 15) is 9.59 Å². The summed E-state index contributed by atoms with van der Waals surface area (Å²) in [7, 11) is 0. The molecule has 0 bridgehead atoms. The first kappa shape index (κ1) is 20.7. The molecule has 150 valence electrons. The molecule has 3 aromatic rings. The van der Waals surface area contributed by atoms with Crippen LogP contribution in [0.3, 0.4) is 0 Å². The largest absolute Gasteiger partial charge is 0.462 e. The molecule has 0 radical (unpaired) electrons. The van der Waals surface area contributed by atoms with Crippen LogP contribution in [0.5, 0.6) is 0 Å². The fourth-order valence-electron chi connectivity index (χ4n) is 2.74. The number of anilines is 1. The molecule has 6 heteroatoms. The Hall–Kier alpha value is -3.05. The molecule has 0 atom stereocenters. The van der Waals surface area contributed by atoms with E-state index < -0.39 is 0 Å². The second kappa shape index (κ2) is 9.43. The van der Waals surface area contributed by atoms with E-state index in [0.717, 1.165) is 18.4 Å². The molecule has 0 spiro atoms. The van der Waals surface area contributed by atoms with Gasteiger partial charge < -0.3 is 14.5 Å². The first-order valence-corrected chi connectivity index (χ1v) is 9.80. The number of esters is 1. The Kier molecular flexibility index (Phi) is 6.73. The highest BCUT2D eigenvalue weighted by Crippen LogP contribution is 2.27. The summed E-state index contributed by atoms with van der Waals surface area (Å²) >= 11 is 5.91. The Morgan fingerprint density at radius 3 is 2.41 bits per heavy atom. The monoisotopic (exact) mass is 411 g/mol. The molecule has 0 aliphatic carbocycles. The number of halogens is 1. The van der Waals surface area contributed by atoms with Crippen molar-refractivity contribution in [1.29, 1.82) is 0 Å². The van der Waals surface area contributed by atoms with E-state index in [0.29, 0.717) is 40.0 Å². The second-order valence-corrected chi connectivity index (χ2v) is 7.04. The maximum atomic E-state index is 12.6. The Balaban J connectivity index is 1.67. The third kappa shape index (κ3) is 5.27. The highest BCUT2D eigenvalue weighted by Gasteiger charge is 2.16. The molecule has 1 heterocycles. The molecular weight excluding hydrogens is 390 g/mol. The third-order valence-corrected chi connectivity index (χ3v) is 4.65. The molecule has 0 aliphatic heterocycles. The Labute approximate surface area is 174 Å². The summed E-state index contributed by atoms with van der Waals surface area (Å²) in [5, 5.41) is 3.45. The van der Waals surface area contributed by atoms with Gasteiger partial charge >= 0.3 is 5.97 Å². The van der Waals surface area contributed by atoms with Gasteiger partial charge in [0.2, 0.25) is 0 Å². The SMILES string of the molecule is CCCCOC(=O)c1ccc(NC(=O)c2cc(-c3ccc(Cl)cc3)oc2C)cc1. The number of unbranched alkanes of at least 4 members (excludes halogenated alkanes) is 1. The van der Waals surface area contributed by atoms with Gasteiger partial charge in [0, 0.05) is 16.3 Å². The van der Waals surface area contributed by atoms with Gasteiger partial charge in [-0.15, -0.1) is 0 Å². The standard InChI is InChI=1S/C23H22ClNO4/c1-3-4-13-28-23(27)17-7-11-19(12-8-17)25-22(26)20-14-21(29-15(20)2)16-5-9-18(24)10-6-16/h5-12,14H,3-4,13H2,1-2H3,(H,25,26). The Morgan fingerprint density at radius 1 is 1.07 bits per heavy atom. The lowest BCUT2D eigenvalue weighted by atomic mass is 10.1. The number of aryl methyl sites for hydroxylation is 1. The van der Waals surface area contributed by atoms with Crippen molar-refractivity contribution in [3.05, 3.63) is 76.5 Å². The van der Waals surface area contributed by atoms with Crippen molar-refractivity contribution in [1.82, 2.24) is 0 Å². The molecule has 3 rings (SSSR count). The van der Waals surface area contributed by atoms with Crippen LogP contribution in [0.15, 0.2) is 59.0 Å². The molecule has 2 aromatic carbocycles. The number of carbonyl (C=O) groups is 2. The van der Waals surface area contributed by atoms with Crippen molar-refractivity contribution in [3.63, 3.8) is 0 Å². The van der Waals surface area contributed by atoms with Crippen LogP contribution in [0.4, 0.5) is 5.69 Å². The minimum atomic E-state index is -0.366. The van der Waals surface area contributed by atoms with Crippen LogP contribution in [-0.4, -0.2) is 18.5 Å². The van der Waals surface area contributed by atoms with Crippen molar-refractivity contribution in [3.8, 4) is 11.3 Å². The van der Waals surface area contributed by atoms with Crippen molar-refractivity contribution in [2.45, 2.75) is 26.7 Å². The van der Waals surface area contributed by atoms with Crippen LogP contribution in [0.25, 0.3) is 11.3 Å². The summed E-state index contributed by atoms with van der Waals surface area (Å²) in [6.45, 7) is 4.18. The molecule has 1 amide bonds. The minimum Gasteiger partial charge on any atom is -0.462 e. The smallest absolute Gasteiger partial charge is 0.338 e. The fourth-order valence-corrected chi connectivity index (χ4v) is 2.87. The van der Waals surface area contributed by atoms with Gasteiger partial charge in [-0.1, -0.05) is 24.9 Å². The molecule has 29 heavy (non-hydrogen) atoms. The van der Waals surface area contributed by atoms with Gasteiger partial charge in [-0.25, -0.2) is 4.79 Å². The van der Waals surface area contributed by atoms with Crippen molar-refractivity contribution in [2.24, 2.45) is 0 Å². The van der Waals surface area contributed by atoms with E-state index in [2.05, 4.69) is 5.32 Å². The van der Waals surface area contributed by atoms with E-state index in [1.165, 1.54) is 0 Å². The van der Waals surface area contributed by atoms with Crippen LogP contribution in [0.1, 0.15) is 46.2 Å². The van der Waals surface area contributed by atoms with E-state index in [1.807, 2.05) is 19.1 Å². The van der Waals surface area contributed by atoms with Gasteiger partial charge in [0.25, 0.3) is 5.91 Å². The fraction of sp³-hybridized carbons (Fsp3) is 0.217. The zero-order valence-corrected chi connectivity index (χ0v) is 17.1. The summed E-state index contributed by atoms with van der Waals surface area (Å²) < 4.78 is 10.9. The van der Waals surface area contributed by atoms with Crippen LogP contribution in [0.2, 0.25) is 5.02 Å². The summed E-state index contributed by atoms with van der Waals surface area (Å²) in [5.74, 6) is 0.456. The summed E-state index contributed by atoms with van der Waals surface area (Å²) in [4.78, 5) is 24.6. The van der Waals surface area contributed by atoms with Gasteiger partial charge in [-0.2, -0.15) is 0 Å². The van der Waals surface area contributed by atoms with Crippen LogP contribution in [-0.2, 0) is 4.74 Å². The van der Waals surface area contributed by atoms with Gasteiger partial charge in [-0.05, 0) is 67.9 Å². The highest BCUT2D eigenvalue weighted by molar-refractivity contribution is 6.30. The molecule has 0 fully saturated rings. The van der Waals surface area contributed by atoms with Gasteiger partial charge in [0.05, 0.1) is 17.7 Å². The van der Waals surface area contributed by atoms with Crippen molar-refractivity contribution < 1.29 is 18.7 Å². The summed E-state index contributed by atoms with van der Waals surface area (Å²) in [6, 6.07) is 15.5. The lowest BCUT2D eigenvalue weighted by Gasteiger charge is -2.06. The maximum Gasteiger partial charge on any atom is 0.338 e. The van der Waals surface area contributed by atoms with Crippen molar-refractivity contribution >= 4 is 29.2 Å². The summed E-state index contributed by atoms with van der Waals surface area (Å²) in [6.07, 6.45) is 1.80. The topological polar surface area (TPSA) is 68.5 Å². The number of hydrogen-bond acceptors (Lipinski definition) is 4. The minimum absolute atomic E-state index is 0.287. The molecule has 0 unspecified atom stereocenters. The van der Waals surface area contributed by atoms with E-state index in [-0.39, 0.29) is 11.9 Å². The van der Waals surface area contributed by atoms with Crippen LogP contribution >= 0.6 is 11.6 Å². The number of hydrogen-bond donors (Lipinski definition) is 1. The first-order chi connectivity index (χ1) is 14.0. The lowest BCUT2D eigenvalue weighted by Crippen LogP contribution is -2.12. The predicted octanol–water partition coefficient (Wildman–Crippen LogP) is 6.12. The van der Waals surface area contributed by atoms with E-state index >= 15 is 0 Å². The van der Waals surface area contributed by atoms with Crippen LogP contribution in [0, 0.1) is 6.92 Å². The van der Waals surface area contributed by atoms with Crippen LogP contribution < -0.4 is 5.32 Å². The number of amides is 1. The first-order valence-electron chi connectivity index (χ1n) is 9.43. The second-order valence-electron chi connectivity index (χ2n) is 6.61. The molecule has 1 aromatic heterocycles. The quantitative estimate of drug-likeness (QED) is 0.375. The highest BCUT2D eigenvalue weighted by atomic mass is 35.5. The Bertz CT molecular complexity index is 991. The average molecular weight is 412 g/mol. The summed E-state index contributed by atoms with van der Waals surface area (Å²) in [5.41, 5.74) is 2.30. The number of furan rings is 1.